The number of rotatable bonds is 6. The molecule has 1 aliphatic carbocycles. The highest BCUT2D eigenvalue weighted by Crippen LogP contribution is 2.28. The molecule has 1 unspecified atom stereocenters. The molecular weight excluding hydrogens is 248 g/mol. The van der Waals surface area contributed by atoms with Crippen molar-refractivity contribution < 1.29 is 0 Å². The Morgan fingerprint density at radius 1 is 1.15 bits per heavy atom. The highest BCUT2D eigenvalue weighted by Gasteiger charge is 2.22. The summed E-state index contributed by atoms with van der Waals surface area (Å²) < 4.78 is 1.80. The first-order chi connectivity index (χ1) is 9.65. The lowest BCUT2D eigenvalue weighted by Crippen LogP contribution is -2.36. The highest BCUT2D eigenvalue weighted by atomic mass is 16.1. The van der Waals surface area contributed by atoms with Crippen LogP contribution < -0.4 is 10.9 Å². The average Bonchev–Trinajstić information content (AvgIpc) is 2.39. The first-order valence-corrected chi connectivity index (χ1v) is 8.04. The number of nitrogens with zero attached hydrogens (tertiary/aromatic N) is 1. The summed E-state index contributed by atoms with van der Waals surface area (Å²) in [5, 5.41) is 3.70. The second-order valence-electron chi connectivity index (χ2n) is 6.51. The van der Waals surface area contributed by atoms with E-state index in [4.69, 9.17) is 0 Å². The highest BCUT2D eigenvalue weighted by molar-refractivity contribution is 4.93. The fourth-order valence-corrected chi connectivity index (χ4v) is 3.47. The molecule has 0 aromatic carbocycles. The normalized spacial score (nSPS) is 26.6. The van der Waals surface area contributed by atoms with E-state index in [1.807, 2.05) is 12.3 Å². The first kappa shape index (κ1) is 15.3. The minimum absolute atomic E-state index is 0.107. The number of nitrogens with one attached hydrogen (secondary N) is 1. The van der Waals surface area contributed by atoms with E-state index in [-0.39, 0.29) is 5.56 Å². The SMILES string of the molecule is C[C@@H]1CC(NCCCCn2ccccc2=O)C[C@H](C)C1. The predicted octanol–water partition coefficient (Wildman–Crippen LogP) is 3.04. The molecule has 0 bridgehead atoms. The van der Waals surface area contributed by atoms with Gasteiger partial charge >= 0.3 is 0 Å². The minimum atomic E-state index is 0.107. The Kier molecular flexibility index (Phi) is 5.84. The average molecular weight is 276 g/mol. The number of aryl methyl sites for hydroxylation is 1. The molecule has 3 heteroatoms. The van der Waals surface area contributed by atoms with Crippen LogP contribution in [0.25, 0.3) is 0 Å². The van der Waals surface area contributed by atoms with Crippen molar-refractivity contribution in [1.29, 1.82) is 0 Å². The molecule has 1 aromatic rings. The van der Waals surface area contributed by atoms with E-state index in [0.29, 0.717) is 6.04 Å². The molecule has 1 aliphatic rings. The van der Waals surface area contributed by atoms with Gasteiger partial charge in [0.05, 0.1) is 0 Å². The van der Waals surface area contributed by atoms with Crippen LogP contribution in [0.2, 0.25) is 0 Å². The molecule has 3 nitrogen and oxygen atoms in total. The molecule has 20 heavy (non-hydrogen) atoms. The van der Waals surface area contributed by atoms with E-state index in [9.17, 15) is 4.79 Å². The van der Waals surface area contributed by atoms with Gasteiger partial charge in [0.25, 0.3) is 0 Å². The van der Waals surface area contributed by atoms with Crippen molar-refractivity contribution in [3.63, 3.8) is 0 Å². The molecule has 0 saturated heterocycles. The molecule has 1 saturated carbocycles. The third kappa shape index (κ3) is 4.78. The monoisotopic (exact) mass is 276 g/mol. The van der Waals surface area contributed by atoms with Gasteiger partial charge in [-0.25, -0.2) is 0 Å². The van der Waals surface area contributed by atoms with Crippen molar-refractivity contribution in [3.05, 3.63) is 34.7 Å². The zero-order valence-corrected chi connectivity index (χ0v) is 12.8. The number of hydrogen-bond acceptors (Lipinski definition) is 2. The summed E-state index contributed by atoms with van der Waals surface area (Å²) >= 11 is 0. The summed E-state index contributed by atoms with van der Waals surface area (Å²) in [4.78, 5) is 11.5. The Balaban J connectivity index is 1.62. The maximum atomic E-state index is 11.5. The predicted molar refractivity (Wildman–Crippen MR) is 83.9 cm³/mol. The van der Waals surface area contributed by atoms with Crippen molar-refractivity contribution in [2.45, 2.75) is 58.5 Å². The maximum absolute atomic E-state index is 11.5. The molecule has 0 radical (unpaired) electrons. The Labute approximate surface area is 122 Å². The summed E-state index contributed by atoms with van der Waals surface area (Å²) in [6, 6.07) is 6.05. The van der Waals surface area contributed by atoms with Crippen LogP contribution in [-0.4, -0.2) is 17.2 Å². The fraction of sp³-hybridized carbons (Fsp3) is 0.706. The van der Waals surface area contributed by atoms with E-state index in [2.05, 4.69) is 19.2 Å². The maximum Gasteiger partial charge on any atom is 0.250 e. The van der Waals surface area contributed by atoms with Crippen LogP contribution in [0.5, 0.6) is 0 Å². The van der Waals surface area contributed by atoms with E-state index in [1.165, 1.54) is 19.3 Å². The summed E-state index contributed by atoms with van der Waals surface area (Å²) in [5.74, 6) is 1.72. The van der Waals surface area contributed by atoms with E-state index in [0.717, 1.165) is 37.8 Å². The van der Waals surface area contributed by atoms with Crippen LogP contribution >= 0.6 is 0 Å². The van der Waals surface area contributed by atoms with Gasteiger partial charge in [0, 0.05) is 24.8 Å². The molecule has 0 aliphatic heterocycles. The van der Waals surface area contributed by atoms with Gasteiger partial charge in [-0.3, -0.25) is 4.79 Å². The third-order valence-electron chi connectivity index (χ3n) is 4.34. The van der Waals surface area contributed by atoms with Gasteiger partial charge in [-0.05, 0) is 56.6 Å². The molecule has 1 aromatic heterocycles. The van der Waals surface area contributed by atoms with Gasteiger partial charge in [0.1, 0.15) is 0 Å². The number of unbranched alkanes of at least 4 members (excludes halogenated alkanes) is 1. The van der Waals surface area contributed by atoms with Gasteiger partial charge in [0.2, 0.25) is 5.56 Å². The topological polar surface area (TPSA) is 34.0 Å². The standard InChI is InChI=1S/C17H28N2O/c1-14-11-15(2)13-16(12-14)18-8-4-6-10-19-9-5-3-7-17(19)20/h3,5,7,9,14-16,18H,4,6,8,10-13H2,1-2H3/t14-,15+,16?. The van der Waals surface area contributed by atoms with E-state index < -0.39 is 0 Å². The zero-order valence-electron chi connectivity index (χ0n) is 12.8. The van der Waals surface area contributed by atoms with E-state index in [1.54, 1.807) is 16.7 Å². The van der Waals surface area contributed by atoms with Crippen LogP contribution in [0.1, 0.15) is 46.0 Å². The third-order valence-corrected chi connectivity index (χ3v) is 4.34. The Morgan fingerprint density at radius 2 is 1.90 bits per heavy atom. The van der Waals surface area contributed by atoms with Crippen LogP contribution in [0.3, 0.4) is 0 Å². The molecular formula is C17H28N2O. The number of aromatic nitrogens is 1. The minimum Gasteiger partial charge on any atom is -0.316 e. The summed E-state index contributed by atoms with van der Waals surface area (Å²) in [6.07, 6.45) is 8.11. The second kappa shape index (κ2) is 7.63. The molecule has 112 valence electrons. The zero-order chi connectivity index (χ0) is 14.4. The Hall–Kier alpha value is -1.09. The molecule has 0 amide bonds. The molecule has 2 rings (SSSR count). The number of pyridine rings is 1. The molecule has 1 N–H and O–H groups in total. The van der Waals surface area contributed by atoms with Crippen LogP contribution in [0.4, 0.5) is 0 Å². The summed E-state index contributed by atoms with van der Waals surface area (Å²) in [5.41, 5.74) is 0.107. The van der Waals surface area contributed by atoms with Gasteiger partial charge in [0.15, 0.2) is 0 Å². The van der Waals surface area contributed by atoms with Crippen molar-refractivity contribution >= 4 is 0 Å². The fourth-order valence-electron chi connectivity index (χ4n) is 3.47. The van der Waals surface area contributed by atoms with Crippen LogP contribution in [0, 0.1) is 11.8 Å². The lowest BCUT2D eigenvalue weighted by molar-refractivity contribution is 0.238. The largest absolute Gasteiger partial charge is 0.316 e. The van der Waals surface area contributed by atoms with Gasteiger partial charge in [-0.2, -0.15) is 0 Å². The summed E-state index contributed by atoms with van der Waals surface area (Å²) in [7, 11) is 0. The van der Waals surface area contributed by atoms with Crippen molar-refractivity contribution in [2.24, 2.45) is 11.8 Å². The summed E-state index contributed by atoms with van der Waals surface area (Å²) in [6.45, 7) is 6.64. The van der Waals surface area contributed by atoms with Crippen molar-refractivity contribution in [3.8, 4) is 0 Å². The molecule has 0 spiro atoms. The van der Waals surface area contributed by atoms with Gasteiger partial charge in [-0.15, -0.1) is 0 Å². The molecule has 3 atom stereocenters. The molecule has 1 fully saturated rings. The van der Waals surface area contributed by atoms with Crippen molar-refractivity contribution in [2.75, 3.05) is 6.54 Å². The van der Waals surface area contributed by atoms with Gasteiger partial charge in [-0.1, -0.05) is 19.9 Å². The lowest BCUT2D eigenvalue weighted by Gasteiger charge is -2.32. The number of hydrogen-bond donors (Lipinski definition) is 1. The van der Waals surface area contributed by atoms with Crippen molar-refractivity contribution in [1.82, 2.24) is 9.88 Å². The second-order valence-corrected chi connectivity index (χ2v) is 6.51. The Bertz CT molecular complexity index is 444. The van der Waals surface area contributed by atoms with Gasteiger partial charge < -0.3 is 9.88 Å². The smallest absolute Gasteiger partial charge is 0.250 e. The van der Waals surface area contributed by atoms with Crippen LogP contribution in [-0.2, 0) is 6.54 Å². The molecule has 1 heterocycles. The lowest BCUT2D eigenvalue weighted by atomic mass is 9.80. The van der Waals surface area contributed by atoms with Crippen LogP contribution in [0.15, 0.2) is 29.2 Å². The first-order valence-electron chi connectivity index (χ1n) is 8.04. The quantitative estimate of drug-likeness (QED) is 0.810. The van der Waals surface area contributed by atoms with E-state index >= 15 is 0 Å². The Morgan fingerprint density at radius 3 is 2.60 bits per heavy atom.